The summed E-state index contributed by atoms with van der Waals surface area (Å²) in [5.41, 5.74) is -0.457. The fraction of sp³-hybridized carbons (Fsp3) is 0.882. The van der Waals surface area contributed by atoms with E-state index in [2.05, 4.69) is 10.2 Å². The number of nitrogens with zero attached hydrogens (tertiary/aromatic N) is 2. The molecule has 1 N–H and O–H groups in total. The third-order valence-electron chi connectivity index (χ3n) is 4.63. The molecule has 1 saturated carbocycles. The Morgan fingerprint density at radius 2 is 1.96 bits per heavy atom. The molecule has 1 aliphatic heterocycles. The summed E-state index contributed by atoms with van der Waals surface area (Å²) in [6, 6.07) is 0.204. The molecular formula is C17H31N3O3. The second-order valence-electron chi connectivity index (χ2n) is 7.74. The first-order valence-electron chi connectivity index (χ1n) is 8.78. The van der Waals surface area contributed by atoms with Gasteiger partial charge in [0.1, 0.15) is 5.60 Å². The van der Waals surface area contributed by atoms with E-state index in [-0.39, 0.29) is 12.1 Å². The Bertz CT molecular complexity index is 408. The van der Waals surface area contributed by atoms with E-state index in [1.54, 1.807) is 0 Å². The van der Waals surface area contributed by atoms with Gasteiger partial charge in [-0.1, -0.05) is 6.42 Å². The first kappa shape index (κ1) is 18.0. The number of rotatable bonds is 4. The molecule has 0 unspecified atom stereocenters. The molecule has 2 fully saturated rings. The van der Waals surface area contributed by atoms with Crippen LogP contribution in [-0.2, 0) is 9.53 Å². The van der Waals surface area contributed by atoms with E-state index in [1.165, 1.54) is 0 Å². The predicted octanol–water partition coefficient (Wildman–Crippen LogP) is 1.84. The molecule has 1 aliphatic carbocycles. The molecule has 0 aromatic heterocycles. The number of alkyl carbamates (subject to hydrolysis) is 1. The summed E-state index contributed by atoms with van der Waals surface area (Å²) in [5.74, 6) is 0.477. The molecule has 2 atom stereocenters. The zero-order valence-electron chi connectivity index (χ0n) is 14.7. The van der Waals surface area contributed by atoms with Crippen molar-refractivity contribution in [2.24, 2.45) is 5.92 Å². The van der Waals surface area contributed by atoms with Gasteiger partial charge in [0.15, 0.2) is 0 Å². The van der Waals surface area contributed by atoms with Crippen molar-refractivity contribution >= 4 is 12.5 Å². The minimum atomic E-state index is -0.457. The lowest BCUT2D eigenvalue weighted by Gasteiger charge is -2.29. The largest absolute Gasteiger partial charge is 0.444 e. The van der Waals surface area contributed by atoms with Gasteiger partial charge >= 0.3 is 6.09 Å². The lowest BCUT2D eigenvalue weighted by atomic mass is 10.0. The van der Waals surface area contributed by atoms with Crippen molar-refractivity contribution in [2.45, 2.75) is 58.1 Å². The third-order valence-corrected chi connectivity index (χ3v) is 4.63. The van der Waals surface area contributed by atoms with Gasteiger partial charge in [0.25, 0.3) is 0 Å². The van der Waals surface area contributed by atoms with Crippen molar-refractivity contribution in [3.8, 4) is 0 Å². The van der Waals surface area contributed by atoms with Gasteiger partial charge in [0.05, 0.1) is 0 Å². The van der Waals surface area contributed by atoms with Crippen molar-refractivity contribution in [3.63, 3.8) is 0 Å². The number of carbonyl (C=O) groups excluding carboxylic acids is 2. The summed E-state index contributed by atoms with van der Waals surface area (Å²) in [7, 11) is 0. The fourth-order valence-corrected chi connectivity index (χ4v) is 3.51. The molecule has 6 heteroatoms. The smallest absolute Gasteiger partial charge is 0.407 e. The quantitative estimate of drug-likeness (QED) is 0.801. The number of nitrogens with one attached hydrogen (secondary N) is 1. The van der Waals surface area contributed by atoms with Crippen LogP contribution in [0.2, 0.25) is 0 Å². The first-order valence-corrected chi connectivity index (χ1v) is 8.78. The molecule has 2 amide bonds. The van der Waals surface area contributed by atoms with E-state index in [9.17, 15) is 9.59 Å². The number of hydrogen-bond acceptors (Lipinski definition) is 4. The Morgan fingerprint density at radius 3 is 2.65 bits per heavy atom. The molecule has 1 heterocycles. The number of hydrogen-bond donors (Lipinski definition) is 1. The van der Waals surface area contributed by atoms with Gasteiger partial charge in [0, 0.05) is 32.2 Å². The van der Waals surface area contributed by atoms with E-state index in [0.717, 1.165) is 64.8 Å². The average Bonchev–Trinajstić information content (AvgIpc) is 2.74. The minimum absolute atomic E-state index is 0.204. The molecule has 6 nitrogen and oxygen atoms in total. The van der Waals surface area contributed by atoms with Crippen LogP contribution in [0.25, 0.3) is 0 Å². The second-order valence-corrected chi connectivity index (χ2v) is 7.74. The maximum absolute atomic E-state index is 12.0. The van der Waals surface area contributed by atoms with Crippen LogP contribution in [0.4, 0.5) is 4.79 Å². The van der Waals surface area contributed by atoms with E-state index in [1.807, 2.05) is 25.7 Å². The highest BCUT2D eigenvalue weighted by atomic mass is 16.6. The molecule has 0 aromatic carbocycles. The molecule has 132 valence electrons. The maximum atomic E-state index is 12.0. The maximum Gasteiger partial charge on any atom is 0.407 e. The number of ether oxygens (including phenoxy) is 1. The zero-order valence-corrected chi connectivity index (χ0v) is 14.7. The van der Waals surface area contributed by atoms with Crippen LogP contribution >= 0.6 is 0 Å². The highest BCUT2D eigenvalue weighted by Crippen LogP contribution is 2.27. The third kappa shape index (κ3) is 6.01. The lowest BCUT2D eigenvalue weighted by Crippen LogP contribution is -2.44. The highest BCUT2D eigenvalue weighted by molar-refractivity contribution is 5.68. The van der Waals surface area contributed by atoms with Crippen LogP contribution in [0, 0.1) is 5.92 Å². The van der Waals surface area contributed by atoms with Crippen LogP contribution in [0.1, 0.15) is 46.5 Å². The van der Waals surface area contributed by atoms with Gasteiger partial charge < -0.3 is 19.9 Å². The average molecular weight is 325 g/mol. The van der Waals surface area contributed by atoms with Gasteiger partial charge in [-0.25, -0.2) is 4.79 Å². The van der Waals surface area contributed by atoms with Crippen LogP contribution < -0.4 is 5.32 Å². The molecule has 0 aromatic rings. The summed E-state index contributed by atoms with van der Waals surface area (Å²) in [6.45, 7) is 10.3. The normalized spacial score (nSPS) is 26.7. The molecule has 0 bridgehead atoms. The van der Waals surface area contributed by atoms with Gasteiger partial charge in [-0.15, -0.1) is 0 Å². The lowest BCUT2D eigenvalue weighted by molar-refractivity contribution is -0.118. The molecule has 1 saturated heterocycles. The van der Waals surface area contributed by atoms with E-state index in [0.29, 0.717) is 5.92 Å². The Hall–Kier alpha value is -1.30. The molecule has 0 radical (unpaired) electrons. The predicted molar refractivity (Wildman–Crippen MR) is 89.2 cm³/mol. The standard InChI is InChI=1S/C17H31N3O3/c1-17(2,3)23-16(22)18-15-7-4-6-14(15)12-19-8-5-9-20(13-21)11-10-19/h13-15H,4-12H2,1-3H3,(H,18,22)/t14-,15-/m1/s1. The molecule has 2 rings (SSSR count). The summed E-state index contributed by atoms with van der Waals surface area (Å²) >= 11 is 0. The van der Waals surface area contributed by atoms with Gasteiger partial charge in [-0.2, -0.15) is 0 Å². The molecule has 23 heavy (non-hydrogen) atoms. The summed E-state index contributed by atoms with van der Waals surface area (Å²) < 4.78 is 5.38. The monoisotopic (exact) mass is 325 g/mol. The SMILES string of the molecule is CC(C)(C)OC(=O)N[C@@H]1CCC[C@@H]1CN1CCCN(C=O)CC1. The topological polar surface area (TPSA) is 61.9 Å². The first-order chi connectivity index (χ1) is 10.9. The van der Waals surface area contributed by atoms with Crippen LogP contribution in [0.15, 0.2) is 0 Å². The van der Waals surface area contributed by atoms with Gasteiger partial charge in [0.2, 0.25) is 6.41 Å². The molecule has 0 spiro atoms. The van der Waals surface area contributed by atoms with Crippen molar-refractivity contribution in [1.82, 2.24) is 15.1 Å². The van der Waals surface area contributed by atoms with Crippen LogP contribution in [0.3, 0.4) is 0 Å². The highest BCUT2D eigenvalue weighted by Gasteiger charge is 2.31. The Balaban J connectivity index is 1.82. The Kier molecular flexibility index (Phi) is 6.27. The molecular weight excluding hydrogens is 294 g/mol. The zero-order chi connectivity index (χ0) is 16.9. The van der Waals surface area contributed by atoms with Crippen LogP contribution in [0.5, 0.6) is 0 Å². The summed E-state index contributed by atoms with van der Waals surface area (Å²) in [6.07, 6.45) is 4.99. The van der Waals surface area contributed by atoms with E-state index in [4.69, 9.17) is 4.74 Å². The minimum Gasteiger partial charge on any atom is -0.444 e. The summed E-state index contributed by atoms with van der Waals surface area (Å²) in [5, 5.41) is 3.06. The number of amides is 2. The Labute approximate surface area is 139 Å². The Morgan fingerprint density at radius 1 is 1.17 bits per heavy atom. The number of carbonyl (C=O) groups is 2. The van der Waals surface area contributed by atoms with E-state index < -0.39 is 5.60 Å². The van der Waals surface area contributed by atoms with Gasteiger partial charge in [-0.3, -0.25) is 4.79 Å². The second kappa shape index (κ2) is 7.99. The van der Waals surface area contributed by atoms with Crippen molar-refractivity contribution in [1.29, 1.82) is 0 Å². The van der Waals surface area contributed by atoms with Gasteiger partial charge in [-0.05, 0) is 52.5 Å². The fourth-order valence-electron chi connectivity index (χ4n) is 3.51. The van der Waals surface area contributed by atoms with Crippen LogP contribution in [-0.4, -0.2) is 66.7 Å². The van der Waals surface area contributed by atoms with Crippen molar-refractivity contribution < 1.29 is 14.3 Å². The van der Waals surface area contributed by atoms with Crippen molar-refractivity contribution in [3.05, 3.63) is 0 Å². The summed E-state index contributed by atoms with van der Waals surface area (Å²) in [4.78, 5) is 27.2. The van der Waals surface area contributed by atoms with Crippen molar-refractivity contribution in [2.75, 3.05) is 32.7 Å². The molecule has 2 aliphatic rings. The van der Waals surface area contributed by atoms with E-state index >= 15 is 0 Å².